The van der Waals surface area contributed by atoms with Crippen LogP contribution in [-0.2, 0) is 13.5 Å². The summed E-state index contributed by atoms with van der Waals surface area (Å²) >= 11 is 1.54. The Kier molecular flexibility index (Phi) is 5.96. The van der Waals surface area contributed by atoms with Gasteiger partial charge in [0.1, 0.15) is 17.6 Å². The van der Waals surface area contributed by atoms with Gasteiger partial charge in [0.2, 0.25) is 0 Å². The van der Waals surface area contributed by atoms with Gasteiger partial charge >= 0.3 is 0 Å². The van der Waals surface area contributed by atoms with Crippen molar-refractivity contribution in [2.24, 2.45) is 7.05 Å². The highest BCUT2D eigenvalue weighted by atomic mass is 32.1. The third kappa shape index (κ3) is 4.06. The van der Waals surface area contributed by atoms with Gasteiger partial charge in [-0.15, -0.1) is 11.3 Å². The molecule has 2 heterocycles. The highest BCUT2D eigenvalue weighted by Gasteiger charge is 2.25. The Labute approximate surface area is 164 Å². The zero-order chi connectivity index (χ0) is 19.4. The number of nitrogens with one attached hydrogen (secondary N) is 1. The Balaban J connectivity index is 1.96. The summed E-state index contributed by atoms with van der Waals surface area (Å²) in [4.78, 5) is 19.4. The van der Waals surface area contributed by atoms with Crippen molar-refractivity contribution < 1.29 is 9.53 Å². The Morgan fingerprint density at radius 2 is 2.15 bits per heavy atom. The van der Waals surface area contributed by atoms with E-state index in [0.717, 1.165) is 34.9 Å². The first kappa shape index (κ1) is 19.2. The molecule has 0 radical (unpaired) electrons. The maximum Gasteiger partial charge on any atom is 0.262 e. The molecule has 6 heteroatoms. The number of imidazole rings is 1. The molecule has 0 fully saturated rings. The van der Waals surface area contributed by atoms with E-state index in [2.05, 4.69) is 24.1 Å². The molecule has 1 amide bonds. The van der Waals surface area contributed by atoms with E-state index in [1.165, 1.54) is 10.4 Å². The lowest BCUT2D eigenvalue weighted by atomic mass is 10.0. The molecule has 0 spiro atoms. The molecule has 0 aliphatic rings. The van der Waals surface area contributed by atoms with Crippen LogP contribution in [0.1, 0.15) is 50.9 Å². The zero-order valence-electron chi connectivity index (χ0n) is 16.2. The van der Waals surface area contributed by atoms with Crippen molar-refractivity contribution in [1.29, 1.82) is 0 Å². The number of benzene rings is 1. The van der Waals surface area contributed by atoms with Gasteiger partial charge in [-0.2, -0.15) is 0 Å². The molecule has 0 bridgehead atoms. The number of ether oxygens (including phenoxy) is 1. The normalized spacial score (nSPS) is 12.0. The van der Waals surface area contributed by atoms with Gasteiger partial charge in [0.05, 0.1) is 12.0 Å². The van der Waals surface area contributed by atoms with Gasteiger partial charge in [0.15, 0.2) is 0 Å². The van der Waals surface area contributed by atoms with Gasteiger partial charge < -0.3 is 14.6 Å². The van der Waals surface area contributed by atoms with E-state index in [4.69, 9.17) is 4.74 Å². The van der Waals surface area contributed by atoms with Gasteiger partial charge in [-0.1, -0.05) is 31.5 Å². The van der Waals surface area contributed by atoms with Gasteiger partial charge in [0.25, 0.3) is 5.91 Å². The number of methoxy groups -OCH3 is 1. The van der Waals surface area contributed by atoms with Crippen LogP contribution in [0.4, 0.5) is 0 Å². The Bertz CT molecular complexity index is 929. The molecule has 27 heavy (non-hydrogen) atoms. The maximum atomic E-state index is 13.0. The van der Waals surface area contributed by atoms with E-state index in [9.17, 15) is 4.79 Å². The Morgan fingerprint density at radius 3 is 2.81 bits per heavy atom. The zero-order valence-corrected chi connectivity index (χ0v) is 17.0. The summed E-state index contributed by atoms with van der Waals surface area (Å²) in [6.07, 6.45) is 5.66. The predicted molar refractivity (Wildman–Crippen MR) is 109 cm³/mol. The fraction of sp³-hybridized carbons (Fsp3) is 0.333. The van der Waals surface area contributed by atoms with Gasteiger partial charge in [0, 0.05) is 29.9 Å². The number of amides is 1. The second-order valence-electron chi connectivity index (χ2n) is 6.49. The lowest BCUT2D eigenvalue weighted by Gasteiger charge is -2.21. The van der Waals surface area contributed by atoms with E-state index in [1.54, 1.807) is 24.6 Å². The number of para-hydroxylation sites is 1. The predicted octanol–water partition coefficient (Wildman–Crippen LogP) is 4.27. The topological polar surface area (TPSA) is 56.1 Å². The maximum absolute atomic E-state index is 13.0. The van der Waals surface area contributed by atoms with Crippen LogP contribution in [0.5, 0.6) is 5.75 Å². The van der Waals surface area contributed by atoms with E-state index in [0.29, 0.717) is 0 Å². The number of hydrogen-bond donors (Lipinski definition) is 1. The minimum Gasteiger partial charge on any atom is -0.496 e. The van der Waals surface area contributed by atoms with Crippen LogP contribution in [0.25, 0.3) is 0 Å². The first-order valence-corrected chi connectivity index (χ1v) is 9.87. The molecule has 0 aliphatic carbocycles. The monoisotopic (exact) mass is 383 g/mol. The largest absolute Gasteiger partial charge is 0.496 e. The molecule has 2 aromatic heterocycles. The fourth-order valence-electron chi connectivity index (χ4n) is 3.19. The molecular weight excluding hydrogens is 358 g/mol. The molecule has 3 rings (SSSR count). The SMILES string of the molecule is CCCc1cc(C(=O)NC(c2ccccc2OC)c2nccn2C)sc1C. The number of hydrogen-bond acceptors (Lipinski definition) is 4. The second kappa shape index (κ2) is 8.39. The van der Waals surface area contributed by atoms with Gasteiger partial charge in [-0.25, -0.2) is 4.98 Å². The van der Waals surface area contributed by atoms with Gasteiger partial charge in [-0.05, 0) is 31.0 Å². The molecule has 1 N–H and O–H groups in total. The van der Waals surface area contributed by atoms with Crippen molar-refractivity contribution in [2.75, 3.05) is 7.11 Å². The fourth-order valence-corrected chi connectivity index (χ4v) is 4.17. The molecule has 1 aromatic carbocycles. The minimum absolute atomic E-state index is 0.0932. The number of rotatable bonds is 7. The molecule has 0 aliphatic heterocycles. The second-order valence-corrected chi connectivity index (χ2v) is 7.74. The van der Waals surface area contributed by atoms with Crippen molar-refractivity contribution in [3.05, 3.63) is 69.4 Å². The van der Waals surface area contributed by atoms with Crippen LogP contribution in [0.15, 0.2) is 42.7 Å². The lowest BCUT2D eigenvalue weighted by Crippen LogP contribution is -2.31. The van der Waals surface area contributed by atoms with Gasteiger partial charge in [-0.3, -0.25) is 4.79 Å². The number of carbonyl (C=O) groups is 1. The summed E-state index contributed by atoms with van der Waals surface area (Å²) in [5, 5.41) is 3.16. The number of aryl methyl sites for hydroxylation is 3. The Morgan fingerprint density at radius 1 is 1.37 bits per heavy atom. The van der Waals surface area contributed by atoms with Crippen LogP contribution in [0.3, 0.4) is 0 Å². The quantitative estimate of drug-likeness (QED) is 0.663. The van der Waals surface area contributed by atoms with Crippen molar-refractivity contribution in [3.63, 3.8) is 0 Å². The van der Waals surface area contributed by atoms with Crippen molar-refractivity contribution in [3.8, 4) is 5.75 Å². The summed E-state index contributed by atoms with van der Waals surface area (Å²) < 4.78 is 7.44. The smallest absolute Gasteiger partial charge is 0.262 e. The molecule has 142 valence electrons. The highest BCUT2D eigenvalue weighted by molar-refractivity contribution is 7.14. The molecule has 0 saturated carbocycles. The molecule has 0 saturated heterocycles. The van der Waals surface area contributed by atoms with Crippen LogP contribution >= 0.6 is 11.3 Å². The average molecular weight is 384 g/mol. The number of thiophene rings is 1. The number of nitrogens with zero attached hydrogens (tertiary/aromatic N) is 2. The molecule has 1 atom stereocenters. The minimum atomic E-state index is -0.398. The number of carbonyl (C=O) groups excluding carboxylic acids is 1. The van der Waals surface area contributed by atoms with Crippen LogP contribution in [0.2, 0.25) is 0 Å². The lowest BCUT2D eigenvalue weighted by molar-refractivity contribution is 0.0945. The Hall–Kier alpha value is -2.60. The molecule has 1 unspecified atom stereocenters. The van der Waals surface area contributed by atoms with Crippen LogP contribution in [0, 0.1) is 6.92 Å². The van der Waals surface area contributed by atoms with Crippen LogP contribution in [-0.4, -0.2) is 22.6 Å². The summed E-state index contributed by atoms with van der Waals surface area (Å²) in [7, 11) is 3.56. The first-order chi connectivity index (χ1) is 13.0. The van der Waals surface area contributed by atoms with Crippen LogP contribution < -0.4 is 10.1 Å². The summed E-state index contributed by atoms with van der Waals surface area (Å²) in [6, 6.07) is 9.32. The van der Waals surface area contributed by atoms with E-state index in [-0.39, 0.29) is 5.91 Å². The van der Waals surface area contributed by atoms with E-state index < -0.39 is 6.04 Å². The number of aromatic nitrogens is 2. The summed E-state index contributed by atoms with van der Waals surface area (Å²) in [6.45, 7) is 4.22. The summed E-state index contributed by atoms with van der Waals surface area (Å²) in [5.74, 6) is 1.39. The molecular formula is C21H25N3O2S. The van der Waals surface area contributed by atoms with E-state index in [1.807, 2.05) is 48.1 Å². The van der Waals surface area contributed by atoms with Crippen molar-refractivity contribution in [1.82, 2.24) is 14.9 Å². The molecule has 3 aromatic rings. The third-order valence-corrected chi connectivity index (χ3v) is 5.70. The summed E-state index contributed by atoms with van der Waals surface area (Å²) in [5.41, 5.74) is 2.13. The van der Waals surface area contributed by atoms with E-state index >= 15 is 0 Å². The average Bonchev–Trinajstić information content (AvgIpc) is 3.26. The van der Waals surface area contributed by atoms with Crippen molar-refractivity contribution >= 4 is 17.2 Å². The van der Waals surface area contributed by atoms with Crippen molar-refractivity contribution in [2.45, 2.75) is 32.7 Å². The third-order valence-electron chi connectivity index (χ3n) is 4.61. The molecule has 5 nitrogen and oxygen atoms in total. The first-order valence-electron chi connectivity index (χ1n) is 9.05. The standard InChI is InChI=1S/C21H25N3O2S/c1-5-8-15-13-18(27-14(15)2)21(25)23-19(20-22-11-12-24(20)3)16-9-6-7-10-17(16)26-4/h6-7,9-13,19H,5,8H2,1-4H3,(H,23,25). The highest BCUT2D eigenvalue weighted by Crippen LogP contribution is 2.30.